The van der Waals surface area contributed by atoms with Gasteiger partial charge in [0.2, 0.25) is 0 Å². The quantitative estimate of drug-likeness (QED) is 0.254. The molecular weight excluding hydrogens is 150 g/mol. The normalized spacial score (nSPS) is 19.1. The van der Waals surface area contributed by atoms with E-state index in [1.165, 1.54) is 0 Å². The van der Waals surface area contributed by atoms with Gasteiger partial charge in [-0.2, -0.15) is 5.01 Å². The number of nitrogens with zero attached hydrogens (tertiary/aromatic N) is 1. The van der Waals surface area contributed by atoms with Crippen molar-refractivity contribution in [2.75, 3.05) is 0 Å². The molecule has 0 aromatic carbocycles. The molecule has 0 saturated heterocycles. The Morgan fingerprint density at radius 2 is 1.91 bits per heavy atom. The zero-order chi connectivity index (χ0) is 8.65. The fourth-order valence-electron chi connectivity index (χ4n) is 0.675. The predicted octanol–water partition coefficient (Wildman–Crippen LogP) is -1.14. The lowest BCUT2D eigenvalue weighted by atomic mass is 10.3. The molecule has 0 heterocycles. The molecule has 0 aliphatic heterocycles. The number of hydrogen-bond acceptors (Lipinski definition) is 4. The van der Waals surface area contributed by atoms with Gasteiger partial charge in [0.25, 0.3) is 5.91 Å². The second-order valence-corrected chi connectivity index (χ2v) is 2.61. The molecule has 0 aromatic heterocycles. The van der Waals surface area contributed by atoms with Crippen LogP contribution >= 0.6 is 0 Å². The van der Waals surface area contributed by atoms with E-state index in [0.29, 0.717) is 12.8 Å². The third kappa shape index (κ3) is 1.31. The van der Waals surface area contributed by atoms with Gasteiger partial charge < -0.3 is 10.8 Å². The van der Waals surface area contributed by atoms with Gasteiger partial charge in [0, 0.05) is 0 Å². The van der Waals surface area contributed by atoms with Crippen LogP contribution in [-0.2, 0) is 4.79 Å². The molecule has 1 rings (SSSR count). The van der Waals surface area contributed by atoms with Gasteiger partial charge in [-0.3, -0.25) is 4.79 Å². The minimum absolute atomic E-state index is 0.132. The number of nitrogens with two attached hydrogens (primary N) is 2. The minimum Gasteiger partial charge on any atom is -0.464 e. The molecule has 2 amide bonds. The van der Waals surface area contributed by atoms with E-state index in [-0.39, 0.29) is 5.01 Å². The first kappa shape index (κ1) is 7.96. The summed E-state index contributed by atoms with van der Waals surface area (Å²) in [5.41, 5.74) is 4.39. The van der Waals surface area contributed by atoms with Crippen molar-refractivity contribution in [1.82, 2.24) is 5.01 Å². The first-order chi connectivity index (χ1) is 4.97. The van der Waals surface area contributed by atoms with Gasteiger partial charge in [-0.15, -0.1) is 0 Å². The van der Waals surface area contributed by atoms with Crippen molar-refractivity contribution in [2.24, 2.45) is 11.6 Å². The van der Waals surface area contributed by atoms with Crippen molar-refractivity contribution >= 4 is 12.0 Å². The predicted molar refractivity (Wildman–Crippen MR) is 35.2 cm³/mol. The molecule has 5 N–H and O–H groups in total. The van der Waals surface area contributed by atoms with E-state index in [9.17, 15) is 9.59 Å². The summed E-state index contributed by atoms with van der Waals surface area (Å²) < 4.78 is 0. The highest BCUT2D eigenvalue weighted by Crippen LogP contribution is 2.33. The highest BCUT2D eigenvalue weighted by molar-refractivity contribution is 5.97. The van der Waals surface area contributed by atoms with E-state index in [2.05, 4.69) is 0 Å². The fraction of sp³-hybridized carbons (Fsp3) is 0.600. The van der Waals surface area contributed by atoms with Crippen LogP contribution in [0.3, 0.4) is 0 Å². The van der Waals surface area contributed by atoms with E-state index in [1.54, 1.807) is 0 Å². The van der Waals surface area contributed by atoms with Gasteiger partial charge >= 0.3 is 6.09 Å². The number of carboxylic acid groups (broad SMARTS) is 1. The Bertz CT molecular complexity index is 211. The summed E-state index contributed by atoms with van der Waals surface area (Å²) in [7, 11) is 0. The molecule has 11 heavy (non-hydrogen) atoms. The van der Waals surface area contributed by atoms with Crippen molar-refractivity contribution in [2.45, 2.75) is 18.4 Å². The molecule has 1 fully saturated rings. The fourth-order valence-corrected chi connectivity index (χ4v) is 0.675. The topological polar surface area (TPSA) is 110 Å². The molecule has 6 nitrogen and oxygen atoms in total. The maximum atomic E-state index is 11.0. The van der Waals surface area contributed by atoms with Crippen molar-refractivity contribution < 1.29 is 14.7 Å². The number of hydrazine groups is 1. The lowest BCUT2D eigenvalue weighted by Gasteiger charge is -2.14. The van der Waals surface area contributed by atoms with Crippen molar-refractivity contribution in [1.29, 1.82) is 0 Å². The van der Waals surface area contributed by atoms with Gasteiger partial charge in [-0.25, -0.2) is 10.6 Å². The molecule has 0 atom stereocenters. The van der Waals surface area contributed by atoms with E-state index in [0.717, 1.165) is 0 Å². The monoisotopic (exact) mass is 159 g/mol. The Kier molecular flexibility index (Phi) is 1.57. The van der Waals surface area contributed by atoms with Crippen LogP contribution in [0.25, 0.3) is 0 Å². The molecule has 1 aliphatic carbocycles. The van der Waals surface area contributed by atoms with Crippen molar-refractivity contribution in [3.8, 4) is 0 Å². The van der Waals surface area contributed by atoms with Crippen molar-refractivity contribution in [3.05, 3.63) is 0 Å². The Labute approximate surface area is 62.7 Å². The van der Waals surface area contributed by atoms with Crippen LogP contribution in [0.4, 0.5) is 4.79 Å². The Hall–Kier alpha value is -1.14. The average Bonchev–Trinajstić information content (AvgIpc) is 2.66. The van der Waals surface area contributed by atoms with Crippen LogP contribution in [-0.4, -0.2) is 27.7 Å². The zero-order valence-electron chi connectivity index (χ0n) is 5.78. The second-order valence-electron chi connectivity index (χ2n) is 2.61. The number of amides is 2. The van der Waals surface area contributed by atoms with Crippen LogP contribution in [0.5, 0.6) is 0 Å². The third-order valence-corrected chi connectivity index (χ3v) is 1.64. The SMILES string of the molecule is NN(C(=O)O)C(=O)C1(N)CC1. The van der Waals surface area contributed by atoms with E-state index in [1.807, 2.05) is 0 Å². The standard InChI is InChI=1S/C5H9N3O3/c6-5(1-2-5)3(9)8(7)4(10)11/h1-2,6-7H2,(H,10,11). The molecule has 1 aliphatic rings. The Morgan fingerprint density at radius 1 is 1.45 bits per heavy atom. The summed E-state index contributed by atoms with van der Waals surface area (Å²) in [4.78, 5) is 21.1. The number of carbonyl (C=O) groups is 2. The van der Waals surface area contributed by atoms with Gasteiger partial charge in [-0.05, 0) is 12.8 Å². The van der Waals surface area contributed by atoms with Gasteiger partial charge in [0.05, 0.1) is 5.54 Å². The van der Waals surface area contributed by atoms with E-state index in [4.69, 9.17) is 16.7 Å². The summed E-state index contributed by atoms with van der Waals surface area (Å²) in [6.45, 7) is 0. The highest BCUT2D eigenvalue weighted by Gasteiger charge is 2.49. The maximum Gasteiger partial charge on any atom is 0.428 e. The summed E-state index contributed by atoms with van der Waals surface area (Å²) in [6.07, 6.45) is -0.466. The van der Waals surface area contributed by atoms with Crippen LogP contribution in [0.15, 0.2) is 0 Å². The first-order valence-electron chi connectivity index (χ1n) is 3.08. The molecule has 62 valence electrons. The molecule has 0 bridgehead atoms. The molecule has 6 heteroatoms. The van der Waals surface area contributed by atoms with Crippen LogP contribution in [0, 0.1) is 0 Å². The van der Waals surface area contributed by atoms with E-state index >= 15 is 0 Å². The summed E-state index contributed by atoms with van der Waals surface area (Å²) in [6, 6.07) is 0. The van der Waals surface area contributed by atoms with E-state index < -0.39 is 17.5 Å². The smallest absolute Gasteiger partial charge is 0.428 e. The first-order valence-corrected chi connectivity index (χ1v) is 3.08. The van der Waals surface area contributed by atoms with Crippen LogP contribution in [0.2, 0.25) is 0 Å². The number of hydrogen-bond donors (Lipinski definition) is 3. The summed E-state index contributed by atoms with van der Waals surface area (Å²) in [5.74, 6) is 4.16. The number of rotatable bonds is 1. The number of carbonyl (C=O) groups excluding carboxylic acids is 1. The minimum atomic E-state index is -1.48. The zero-order valence-corrected chi connectivity index (χ0v) is 5.78. The lowest BCUT2D eigenvalue weighted by Crippen LogP contribution is -2.51. The molecule has 0 radical (unpaired) electrons. The summed E-state index contributed by atoms with van der Waals surface area (Å²) in [5, 5.41) is 8.40. The highest BCUT2D eigenvalue weighted by atomic mass is 16.4. The summed E-state index contributed by atoms with van der Waals surface area (Å²) >= 11 is 0. The maximum absolute atomic E-state index is 11.0. The largest absolute Gasteiger partial charge is 0.464 e. The number of imide groups is 1. The molecular formula is C5H9N3O3. The molecule has 0 aromatic rings. The van der Waals surface area contributed by atoms with Crippen molar-refractivity contribution in [3.63, 3.8) is 0 Å². The molecule has 1 saturated carbocycles. The van der Waals surface area contributed by atoms with Gasteiger partial charge in [-0.1, -0.05) is 0 Å². The molecule has 0 unspecified atom stereocenters. The third-order valence-electron chi connectivity index (χ3n) is 1.64. The lowest BCUT2D eigenvalue weighted by molar-refractivity contribution is -0.131. The second kappa shape index (κ2) is 2.18. The van der Waals surface area contributed by atoms with Crippen LogP contribution in [0.1, 0.15) is 12.8 Å². The average molecular weight is 159 g/mol. The molecule has 0 spiro atoms. The Balaban J connectivity index is 2.61. The van der Waals surface area contributed by atoms with Gasteiger partial charge in [0.15, 0.2) is 0 Å². The van der Waals surface area contributed by atoms with Gasteiger partial charge in [0.1, 0.15) is 0 Å². The van der Waals surface area contributed by atoms with Crippen LogP contribution < -0.4 is 11.6 Å². The Morgan fingerprint density at radius 3 is 2.18 bits per heavy atom.